The molecule has 3 heterocycles. The van der Waals surface area contributed by atoms with Gasteiger partial charge in [0.2, 0.25) is 41.4 Å². The van der Waals surface area contributed by atoms with Crippen LogP contribution in [-0.2, 0) is 59.2 Å². The van der Waals surface area contributed by atoms with E-state index in [0.717, 1.165) is 32.9 Å². The topological polar surface area (TPSA) is 282 Å². The maximum absolute atomic E-state index is 15.0. The number of hydrogen-bond donors (Lipinski definition) is 11. The van der Waals surface area contributed by atoms with Crippen molar-refractivity contribution in [1.82, 2.24) is 47.2 Å². The lowest BCUT2D eigenvalue weighted by Gasteiger charge is -2.28. The van der Waals surface area contributed by atoms with Crippen LogP contribution in [0.25, 0.3) is 21.8 Å². The van der Waals surface area contributed by atoms with Gasteiger partial charge >= 0.3 is 0 Å². The number of carbonyl (C=O) groups excluding carboxylic acids is 7. The Morgan fingerprint density at radius 3 is 1.48 bits per heavy atom. The number of para-hydroxylation sites is 2. The molecule has 1 aliphatic heterocycles. The first-order chi connectivity index (χ1) is 36.4. The number of amides is 7. The van der Waals surface area contributed by atoms with E-state index in [1.165, 1.54) is 6.92 Å². The third-order valence-corrected chi connectivity index (χ3v) is 13.6. The zero-order valence-corrected chi connectivity index (χ0v) is 42.4. The molecule has 7 amide bonds. The zero-order valence-electron chi connectivity index (χ0n) is 42.4. The molecule has 1 aliphatic rings. The van der Waals surface area contributed by atoms with Crippen LogP contribution in [0.2, 0.25) is 0 Å². The first-order valence-electron chi connectivity index (χ1n) is 26.0. The summed E-state index contributed by atoms with van der Waals surface area (Å²) in [6.07, 6.45) is 5.71. The van der Waals surface area contributed by atoms with Crippen LogP contribution in [0.1, 0.15) is 80.5 Å². The largest absolute Gasteiger partial charge is 0.391 e. The van der Waals surface area contributed by atoms with E-state index in [1.54, 1.807) is 12.4 Å². The maximum Gasteiger partial charge on any atom is 0.245 e. The average molecular weight is 1020 g/mol. The highest BCUT2D eigenvalue weighted by atomic mass is 16.3. The van der Waals surface area contributed by atoms with Gasteiger partial charge in [-0.05, 0) is 80.0 Å². The Bertz CT molecular complexity index is 2870. The van der Waals surface area contributed by atoms with Crippen LogP contribution in [0.3, 0.4) is 0 Å². The molecule has 0 saturated carbocycles. The van der Waals surface area contributed by atoms with Gasteiger partial charge in [0.1, 0.15) is 36.3 Å². The van der Waals surface area contributed by atoms with Gasteiger partial charge in [-0.3, -0.25) is 33.6 Å². The van der Waals surface area contributed by atoms with Crippen LogP contribution in [0.4, 0.5) is 0 Å². The molecule has 4 aromatic carbocycles. The molecule has 0 bridgehead atoms. The number of nitrogens with two attached hydrogens (primary N) is 1. The number of fused-ring (bicyclic) bond motifs is 2. The minimum atomic E-state index is -1.55. The fraction of sp³-hybridized carbons (Fsp3) is 0.386. The number of aliphatic hydroxyl groups is 1. The smallest absolute Gasteiger partial charge is 0.245 e. The molecular formula is C57H70N10O8. The lowest BCUT2D eigenvalue weighted by molar-refractivity contribution is -0.136. The average Bonchev–Trinajstić information content (AvgIpc) is 4.02. The highest BCUT2D eigenvalue weighted by Crippen LogP contribution is 2.22. The van der Waals surface area contributed by atoms with Gasteiger partial charge < -0.3 is 58.0 Å². The first-order valence-corrected chi connectivity index (χ1v) is 26.0. The SMILES string of the molecule is C[C@@H](O)[C@@H]1NC(=O)[C@H](CCCCN)NC(=O)C(Cc2c[nH]c3ccccc23)NC(=O)[C@H](Cc2c[nH]c3ccccc23)NC(=O)[C@H](Cc2ccccc2)NC(=O)CCCCCCNC(=O)C(Cc2ccccc2)NC1=O. The van der Waals surface area contributed by atoms with Crippen molar-refractivity contribution in [2.24, 2.45) is 5.73 Å². The highest BCUT2D eigenvalue weighted by Gasteiger charge is 2.35. The number of unbranched alkanes of at least 4 members (excludes halogenated alkanes) is 1. The lowest BCUT2D eigenvalue weighted by Crippen LogP contribution is -2.61. The van der Waals surface area contributed by atoms with Gasteiger partial charge in [-0.2, -0.15) is 0 Å². The second-order valence-corrected chi connectivity index (χ2v) is 19.3. The van der Waals surface area contributed by atoms with E-state index in [-0.39, 0.29) is 51.0 Å². The molecule has 6 aromatic rings. The molecule has 1 fully saturated rings. The summed E-state index contributed by atoms with van der Waals surface area (Å²) in [6, 6.07) is 25.7. The van der Waals surface area contributed by atoms with Crippen LogP contribution >= 0.6 is 0 Å². The van der Waals surface area contributed by atoms with Crippen molar-refractivity contribution in [3.8, 4) is 0 Å². The summed E-state index contributed by atoms with van der Waals surface area (Å²) in [7, 11) is 0. The van der Waals surface area contributed by atoms with Crippen LogP contribution in [0.5, 0.6) is 0 Å². The Balaban J connectivity index is 1.24. The molecular weight excluding hydrogens is 953 g/mol. The van der Waals surface area contributed by atoms with Gasteiger partial charge in [0, 0.05) is 72.8 Å². The second kappa shape index (κ2) is 27.5. The number of H-pyrrole nitrogens is 2. The molecule has 0 radical (unpaired) electrons. The molecule has 0 spiro atoms. The van der Waals surface area contributed by atoms with E-state index in [1.807, 2.05) is 109 Å². The highest BCUT2D eigenvalue weighted by molar-refractivity contribution is 5.98. The third-order valence-electron chi connectivity index (χ3n) is 13.6. The summed E-state index contributed by atoms with van der Waals surface area (Å²) >= 11 is 0. The lowest BCUT2D eigenvalue weighted by atomic mass is 10.00. The number of aromatic nitrogens is 2. The van der Waals surface area contributed by atoms with Gasteiger partial charge in [-0.15, -0.1) is 0 Å². The Kier molecular flexibility index (Phi) is 20.1. The molecule has 396 valence electrons. The Morgan fingerprint density at radius 1 is 0.493 bits per heavy atom. The van der Waals surface area contributed by atoms with Crippen molar-refractivity contribution < 1.29 is 38.7 Å². The van der Waals surface area contributed by atoms with Crippen molar-refractivity contribution in [2.45, 2.75) is 126 Å². The summed E-state index contributed by atoms with van der Waals surface area (Å²) < 4.78 is 0. The number of rotatable bonds is 13. The van der Waals surface area contributed by atoms with Crippen molar-refractivity contribution in [1.29, 1.82) is 0 Å². The van der Waals surface area contributed by atoms with Crippen molar-refractivity contribution in [3.05, 3.63) is 144 Å². The quantitative estimate of drug-likeness (QED) is 0.0756. The van der Waals surface area contributed by atoms with Gasteiger partial charge in [0.15, 0.2) is 0 Å². The van der Waals surface area contributed by atoms with E-state index in [4.69, 9.17) is 5.73 Å². The number of aromatic amines is 2. The van der Waals surface area contributed by atoms with Crippen molar-refractivity contribution in [2.75, 3.05) is 13.1 Å². The first kappa shape index (κ1) is 54.9. The Hall–Kier alpha value is -7.83. The summed E-state index contributed by atoms with van der Waals surface area (Å²) in [5, 5.41) is 32.6. The van der Waals surface area contributed by atoms with Crippen LogP contribution in [-0.4, -0.2) is 112 Å². The van der Waals surface area contributed by atoms with Gasteiger partial charge in [0.25, 0.3) is 0 Å². The molecule has 18 heteroatoms. The van der Waals surface area contributed by atoms with Gasteiger partial charge in [0.05, 0.1) is 6.10 Å². The third kappa shape index (κ3) is 15.8. The molecule has 1 saturated heterocycles. The summed E-state index contributed by atoms with van der Waals surface area (Å²) in [4.78, 5) is 107. The fourth-order valence-corrected chi connectivity index (χ4v) is 9.44. The summed E-state index contributed by atoms with van der Waals surface area (Å²) in [5.41, 5.74) is 10.4. The summed E-state index contributed by atoms with van der Waals surface area (Å²) in [6.45, 7) is 1.91. The van der Waals surface area contributed by atoms with Crippen molar-refractivity contribution >= 4 is 63.2 Å². The second-order valence-electron chi connectivity index (χ2n) is 19.3. The van der Waals surface area contributed by atoms with Crippen LogP contribution in [0, 0.1) is 0 Å². The van der Waals surface area contributed by atoms with Crippen molar-refractivity contribution in [3.63, 3.8) is 0 Å². The molecule has 0 aliphatic carbocycles. The molecule has 2 unspecified atom stereocenters. The fourth-order valence-electron chi connectivity index (χ4n) is 9.44. The van der Waals surface area contributed by atoms with Gasteiger partial charge in [-0.1, -0.05) is 110 Å². The number of benzene rings is 4. The predicted octanol–water partition coefficient (Wildman–Crippen LogP) is 3.42. The van der Waals surface area contributed by atoms with E-state index in [2.05, 4.69) is 47.2 Å². The minimum Gasteiger partial charge on any atom is -0.391 e. The van der Waals surface area contributed by atoms with Gasteiger partial charge in [-0.25, -0.2) is 0 Å². The number of hydrogen-bond acceptors (Lipinski definition) is 9. The van der Waals surface area contributed by atoms with E-state index < -0.39 is 77.8 Å². The standard InChI is InChI=1S/C57H70N10O8/c1-36(68)51-57(75)66-46(30-37-18-6-4-7-19-37)52(70)59-29-17-3-2-10-27-50(69)62-47(31-38-20-8-5-9-21-38)54(72)64-49(33-40-35-61-44-25-14-12-23-42(40)44)56(74)65-48(32-39-34-60-43-24-13-11-22-41(39)43)55(73)63-45(53(71)67-51)26-15-16-28-58/h4-9,11-14,18-25,34-36,45-49,51,60-61,68H,2-3,10,15-17,26-33,58H2,1H3,(H,59,70)(H,62,69)(H,63,73)(H,64,72)(H,65,74)(H,66,75)(H,67,71)/t36-,45+,46?,47+,48?,49+,51+/m1/s1. The molecule has 12 N–H and O–H groups in total. The molecule has 18 nitrogen and oxygen atoms in total. The van der Waals surface area contributed by atoms with E-state index >= 15 is 4.79 Å². The molecule has 7 atom stereocenters. The number of nitrogens with one attached hydrogen (secondary N) is 9. The minimum absolute atomic E-state index is 0.00537. The van der Waals surface area contributed by atoms with E-state index in [9.17, 15) is 33.9 Å². The maximum atomic E-state index is 15.0. The Morgan fingerprint density at radius 2 is 0.947 bits per heavy atom. The normalized spacial score (nSPS) is 22.0. The Labute approximate surface area is 436 Å². The van der Waals surface area contributed by atoms with Crippen LogP contribution < -0.4 is 43.0 Å². The zero-order chi connectivity index (χ0) is 53.1. The summed E-state index contributed by atoms with van der Waals surface area (Å²) in [5.74, 6) is -4.49. The number of carbonyl (C=O) groups is 7. The molecule has 75 heavy (non-hydrogen) atoms. The predicted molar refractivity (Wildman–Crippen MR) is 287 cm³/mol. The molecule has 7 rings (SSSR count). The number of aliphatic hydroxyl groups excluding tert-OH is 1. The van der Waals surface area contributed by atoms with E-state index in [0.29, 0.717) is 56.2 Å². The monoisotopic (exact) mass is 1020 g/mol. The molecule has 2 aromatic heterocycles. The van der Waals surface area contributed by atoms with Crippen LogP contribution in [0.15, 0.2) is 122 Å².